The van der Waals surface area contributed by atoms with E-state index < -0.39 is 22.4 Å². The summed E-state index contributed by atoms with van der Waals surface area (Å²) in [5, 5.41) is 2.41. The maximum Gasteiger partial charge on any atom is 0.261 e. The molecule has 1 unspecified atom stereocenters. The Morgan fingerprint density at radius 3 is 2.17 bits per heavy atom. The zero-order valence-corrected chi connectivity index (χ0v) is 21.0. The van der Waals surface area contributed by atoms with Crippen LogP contribution in [0.5, 0.6) is 0 Å². The van der Waals surface area contributed by atoms with Crippen LogP contribution in [0.25, 0.3) is 0 Å². The first-order valence-electron chi connectivity index (χ1n) is 11.2. The SMILES string of the molecule is [3H][C@H]1C[C@H](CP(Cl)OCC)[C@@H](CO[Si](c2ccccc2)(c2ccccc2)C(C)(C)C)O1. The summed E-state index contributed by atoms with van der Waals surface area (Å²) >= 11 is 6.42. The molecule has 6 heteroatoms. The van der Waals surface area contributed by atoms with Crippen molar-refractivity contribution in [3.8, 4) is 0 Å². The maximum absolute atomic E-state index is 8.18. The van der Waals surface area contributed by atoms with Crippen LogP contribution in [0.15, 0.2) is 60.7 Å². The highest BCUT2D eigenvalue weighted by Gasteiger charge is 2.50. The molecule has 0 aromatic heterocycles. The second kappa shape index (κ2) is 10.7. The van der Waals surface area contributed by atoms with Crippen LogP contribution < -0.4 is 10.4 Å². The first-order chi connectivity index (χ1) is 14.8. The third-order valence-electron chi connectivity index (χ3n) is 5.72. The summed E-state index contributed by atoms with van der Waals surface area (Å²) in [6.07, 6.45) is 1.26. The fraction of sp³-hybridized carbons (Fsp3) is 0.500. The molecule has 1 aliphatic heterocycles. The normalized spacial score (nSPS) is 23.9. The molecule has 3 nitrogen and oxygen atoms in total. The second-order valence-electron chi connectivity index (χ2n) is 8.73. The van der Waals surface area contributed by atoms with Gasteiger partial charge in [0, 0.05) is 19.4 Å². The van der Waals surface area contributed by atoms with Crippen LogP contribution in [0.1, 0.15) is 35.5 Å². The summed E-state index contributed by atoms with van der Waals surface area (Å²) in [7, 11) is -3.65. The Kier molecular flexibility index (Phi) is 8.02. The van der Waals surface area contributed by atoms with Gasteiger partial charge in [-0.1, -0.05) is 92.7 Å². The van der Waals surface area contributed by atoms with Gasteiger partial charge in [0.15, 0.2) is 0 Å². The van der Waals surface area contributed by atoms with Crippen LogP contribution in [0.3, 0.4) is 0 Å². The number of halogens is 1. The van der Waals surface area contributed by atoms with Gasteiger partial charge in [-0.25, -0.2) is 0 Å². The molecule has 1 fully saturated rings. The molecule has 4 atom stereocenters. The summed E-state index contributed by atoms with van der Waals surface area (Å²) in [5.41, 5.74) is 0. The Balaban J connectivity index is 1.92. The van der Waals surface area contributed by atoms with Gasteiger partial charge in [0.1, 0.15) is 7.50 Å². The minimum Gasteiger partial charge on any atom is -0.405 e. The van der Waals surface area contributed by atoms with Crippen LogP contribution in [0.4, 0.5) is 0 Å². The van der Waals surface area contributed by atoms with E-state index in [1.165, 1.54) is 10.4 Å². The molecule has 1 aliphatic rings. The number of ether oxygens (including phenoxy) is 1. The van der Waals surface area contributed by atoms with Gasteiger partial charge in [-0.15, -0.1) is 0 Å². The fourth-order valence-corrected chi connectivity index (χ4v) is 10.8. The average molecular weight is 467 g/mol. The van der Waals surface area contributed by atoms with Crippen LogP contribution in [0, 0.1) is 5.92 Å². The van der Waals surface area contributed by atoms with E-state index in [-0.39, 0.29) is 17.1 Å². The van der Waals surface area contributed by atoms with Crippen molar-refractivity contribution >= 4 is 37.4 Å². The third-order valence-corrected chi connectivity index (χ3v) is 12.7. The molecule has 1 heterocycles. The predicted molar refractivity (Wildman–Crippen MR) is 131 cm³/mol. The zero-order valence-electron chi connectivity index (χ0n) is 19.4. The minimum atomic E-state index is -2.62. The van der Waals surface area contributed by atoms with Crippen molar-refractivity contribution in [2.24, 2.45) is 5.92 Å². The molecule has 2 aromatic rings. The van der Waals surface area contributed by atoms with Gasteiger partial charge < -0.3 is 13.7 Å². The smallest absolute Gasteiger partial charge is 0.261 e. The van der Waals surface area contributed by atoms with Gasteiger partial charge >= 0.3 is 0 Å². The summed E-state index contributed by atoms with van der Waals surface area (Å²) in [5.74, 6) is 0.177. The number of hydrogen-bond acceptors (Lipinski definition) is 3. The van der Waals surface area contributed by atoms with Crippen molar-refractivity contribution in [3.05, 3.63) is 60.7 Å². The Hall–Kier alpha value is -0.743. The molecule has 0 bridgehead atoms. The highest BCUT2D eigenvalue weighted by Crippen LogP contribution is 2.47. The van der Waals surface area contributed by atoms with Gasteiger partial charge in [-0.2, -0.15) is 0 Å². The van der Waals surface area contributed by atoms with Crippen LogP contribution in [-0.4, -0.2) is 40.4 Å². The molecule has 0 N–H and O–H groups in total. The van der Waals surface area contributed by atoms with E-state index in [9.17, 15) is 0 Å². The molecule has 2 aromatic carbocycles. The topological polar surface area (TPSA) is 27.7 Å². The second-order valence-corrected chi connectivity index (χ2v) is 15.4. The van der Waals surface area contributed by atoms with E-state index >= 15 is 0 Å². The zero-order chi connectivity index (χ0) is 22.5. The highest BCUT2D eigenvalue weighted by atomic mass is 35.7. The third kappa shape index (κ3) is 5.35. The fourth-order valence-electron chi connectivity index (χ4n) is 4.28. The molecule has 0 radical (unpaired) electrons. The van der Waals surface area contributed by atoms with E-state index in [4.69, 9.17) is 26.3 Å². The van der Waals surface area contributed by atoms with E-state index in [2.05, 4.69) is 69.3 Å². The molecule has 30 heavy (non-hydrogen) atoms. The maximum atomic E-state index is 8.18. The molecule has 0 amide bonds. The summed E-state index contributed by atoms with van der Waals surface area (Å²) < 4.78 is 26.8. The molecule has 3 rings (SSSR count). The lowest BCUT2D eigenvalue weighted by molar-refractivity contribution is 0.0488. The van der Waals surface area contributed by atoms with Crippen LogP contribution >= 0.6 is 18.7 Å². The van der Waals surface area contributed by atoms with Gasteiger partial charge in [-0.05, 0) is 34.7 Å². The summed E-state index contributed by atoms with van der Waals surface area (Å²) in [4.78, 5) is 0. The Labute approximate surface area is 190 Å². The van der Waals surface area contributed by atoms with Gasteiger partial charge in [0.05, 0.1) is 14.1 Å². The molecule has 164 valence electrons. The van der Waals surface area contributed by atoms with E-state index in [0.29, 0.717) is 19.6 Å². The van der Waals surface area contributed by atoms with Crippen molar-refractivity contribution in [3.63, 3.8) is 0 Å². The quantitative estimate of drug-likeness (QED) is 0.358. The van der Waals surface area contributed by atoms with Crippen LogP contribution in [0.2, 0.25) is 5.04 Å². The molecule has 0 saturated carbocycles. The number of hydrogen-bond donors (Lipinski definition) is 0. The average Bonchev–Trinajstić information content (AvgIpc) is 3.08. The van der Waals surface area contributed by atoms with E-state index in [1.807, 2.05) is 19.1 Å². The minimum absolute atomic E-state index is 0.0887. The summed E-state index contributed by atoms with van der Waals surface area (Å²) in [6, 6.07) is 21.2. The Morgan fingerprint density at radius 1 is 1.10 bits per heavy atom. The first-order valence-corrected chi connectivity index (χ1v) is 14.9. The van der Waals surface area contributed by atoms with Crippen molar-refractivity contribution in [2.45, 2.75) is 45.3 Å². The first kappa shape index (κ1) is 22.5. The van der Waals surface area contributed by atoms with E-state index in [0.717, 1.165) is 6.16 Å². The largest absolute Gasteiger partial charge is 0.405 e. The van der Waals surface area contributed by atoms with Crippen molar-refractivity contribution in [1.82, 2.24) is 0 Å². The van der Waals surface area contributed by atoms with Crippen molar-refractivity contribution in [2.75, 3.05) is 26.0 Å². The van der Waals surface area contributed by atoms with Crippen molar-refractivity contribution in [1.29, 1.82) is 0 Å². The molecule has 0 aliphatic carbocycles. The number of benzene rings is 2. The summed E-state index contributed by atoms with van der Waals surface area (Å²) in [6.45, 7) is 9.31. The van der Waals surface area contributed by atoms with Gasteiger partial charge in [-0.3, -0.25) is 0 Å². The van der Waals surface area contributed by atoms with Gasteiger partial charge in [0.2, 0.25) is 0 Å². The lowest BCUT2D eigenvalue weighted by Crippen LogP contribution is -2.67. The lowest BCUT2D eigenvalue weighted by Gasteiger charge is -2.43. The molecule has 1 saturated heterocycles. The lowest BCUT2D eigenvalue weighted by atomic mass is 10.1. The molecule has 0 spiro atoms. The standard InChI is InChI=1S/C24H34ClO3PSi/c1-5-27-29(25)19-20-16-17-26-23(20)18-28-30(24(2,3)4,21-12-8-6-9-13-21)22-14-10-7-11-15-22/h6-15,20,23H,5,16-19H2,1-4H3/t20-,23-,29?/m1/s1/i17T/t17-,20+,23+,29?/m0. The predicted octanol–water partition coefficient (Wildman–Crippen LogP) is 5.56. The molecular weight excluding hydrogens is 431 g/mol. The molecular formula is C24H34ClO3PSi. The monoisotopic (exact) mass is 466 g/mol. The Bertz CT molecular complexity index is 766. The number of rotatable bonds is 9. The van der Waals surface area contributed by atoms with E-state index in [1.54, 1.807) is 0 Å². The highest BCUT2D eigenvalue weighted by molar-refractivity contribution is 7.80. The van der Waals surface area contributed by atoms with Gasteiger partial charge in [0.25, 0.3) is 8.32 Å². The van der Waals surface area contributed by atoms with Crippen molar-refractivity contribution < 1.29 is 15.1 Å². The van der Waals surface area contributed by atoms with Crippen LogP contribution in [-0.2, 0) is 13.7 Å². The Morgan fingerprint density at radius 2 is 1.67 bits per heavy atom.